The summed E-state index contributed by atoms with van der Waals surface area (Å²) in [7, 11) is 1.61. The Balaban J connectivity index is 1.96. The lowest BCUT2D eigenvalue weighted by molar-refractivity contribution is -0.134. The summed E-state index contributed by atoms with van der Waals surface area (Å²) in [5.74, 6) is -0.136. The third-order valence-corrected chi connectivity index (χ3v) is 3.95. The van der Waals surface area contributed by atoms with Gasteiger partial charge in [0.05, 0.1) is 6.04 Å². The second kappa shape index (κ2) is 7.73. The van der Waals surface area contributed by atoms with Crippen molar-refractivity contribution in [3.63, 3.8) is 0 Å². The fourth-order valence-electron chi connectivity index (χ4n) is 2.27. The average Bonchev–Trinajstić information content (AvgIpc) is 2.59. The van der Waals surface area contributed by atoms with Gasteiger partial charge in [-0.25, -0.2) is 4.39 Å². The Morgan fingerprint density at radius 2 is 1.75 bits per heavy atom. The number of halogens is 1. The maximum atomic E-state index is 13.8. The van der Waals surface area contributed by atoms with E-state index in [0.717, 1.165) is 0 Å². The second-order valence-corrected chi connectivity index (χ2v) is 5.57. The lowest BCUT2D eigenvalue weighted by atomic mass is 10.1. The summed E-state index contributed by atoms with van der Waals surface area (Å²) in [5.41, 5.74) is 1.04. The predicted molar refractivity (Wildman–Crippen MR) is 89.5 cm³/mol. The van der Waals surface area contributed by atoms with Crippen LogP contribution in [0.15, 0.2) is 48.5 Å². The molecule has 0 aromatic heterocycles. The molecule has 0 aliphatic carbocycles. The standard InChI is InChI=1S/C19H20FNO3/c1-13(17-6-4-5-7-18(17)20)21(3)19(23)12-24-16-10-8-15(9-11-16)14(2)22/h4-11,13H,12H2,1-3H3. The second-order valence-electron chi connectivity index (χ2n) is 5.57. The summed E-state index contributed by atoms with van der Waals surface area (Å²) < 4.78 is 19.3. The number of rotatable bonds is 6. The van der Waals surface area contributed by atoms with E-state index in [-0.39, 0.29) is 24.1 Å². The normalized spacial score (nSPS) is 11.7. The summed E-state index contributed by atoms with van der Waals surface area (Å²) in [5, 5.41) is 0. The number of benzene rings is 2. The molecular weight excluding hydrogens is 309 g/mol. The lowest BCUT2D eigenvalue weighted by Gasteiger charge is -2.25. The van der Waals surface area contributed by atoms with E-state index >= 15 is 0 Å². The van der Waals surface area contributed by atoms with Gasteiger partial charge in [-0.3, -0.25) is 9.59 Å². The zero-order valence-corrected chi connectivity index (χ0v) is 14.0. The third kappa shape index (κ3) is 4.19. The third-order valence-electron chi connectivity index (χ3n) is 3.95. The highest BCUT2D eigenvalue weighted by molar-refractivity contribution is 5.94. The molecule has 5 heteroatoms. The van der Waals surface area contributed by atoms with Crippen LogP contribution in [0.25, 0.3) is 0 Å². The first-order valence-corrected chi connectivity index (χ1v) is 7.64. The predicted octanol–water partition coefficient (Wildman–Crippen LogP) is 3.63. The molecule has 0 spiro atoms. The summed E-state index contributed by atoms with van der Waals surface area (Å²) in [6.45, 7) is 3.09. The van der Waals surface area contributed by atoms with Crippen molar-refractivity contribution < 1.29 is 18.7 Å². The Hall–Kier alpha value is -2.69. The van der Waals surface area contributed by atoms with E-state index in [4.69, 9.17) is 4.74 Å². The first-order valence-electron chi connectivity index (χ1n) is 7.64. The molecule has 4 nitrogen and oxygen atoms in total. The smallest absolute Gasteiger partial charge is 0.260 e. The van der Waals surface area contributed by atoms with Crippen LogP contribution in [0.1, 0.15) is 35.8 Å². The van der Waals surface area contributed by atoms with Crippen LogP contribution in [0.5, 0.6) is 5.75 Å². The van der Waals surface area contributed by atoms with Crippen molar-refractivity contribution in [1.29, 1.82) is 0 Å². The molecule has 0 aliphatic rings. The maximum Gasteiger partial charge on any atom is 0.260 e. The largest absolute Gasteiger partial charge is 0.484 e. The van der Waals surface area contributed by atoms with Gasteiger partial charge in [0.1, 0.15) is 11.6 Å². The Morgan fingerprint density at radius 1 is 1.12 bits per heavy atom. The van der Waals surface area contributed by atoms with E-state index in [1.807, 2.05) is 0 Å². The number of amides is 1. The molecule has 0 fully saturated rings. The van der Waals surface area contributed by atoms with Crippen molar-refractivity contribution in [3.05, 3.63) is 65.5 Å². The molecule has 0 radical (unpaired) electrons. The summed E-state index contributed by atoms with van der Waals surface area (Å²) >= 11 is 0. The minimum Gasteiger partial charge on any atom is -0.484 e. The Bertz CT molecular complexity index is 728. The van der Waals surface area contributed by atoms with E-state index in [1.165, 1.54) is 17.9 Å². The highest BCUT2D eigenvalue weighted by Gasteiger charge is 2.20. The van der Waals surface area contributed by atoms with Gasteiger partial charge >= 0.3 is 0 Å². The minimum atomic E-state index is -0.401. The lowest BCUT2D eigenvalue weighted by Crippen LogP contribution is -2.34. The van der Waals surface area contributed by atoms with E-state index in [9.17, 15) is 14.0 Å². The number of hydrogen-bond acceptors (Lipinski definition) is 3. The molecule has 1 atom stereocenters. The molecule has 24 heavy (non-hydrogen) atoms. The number of nitrogens with zero attached hydrogens (tertiary/aromatic N) is 1. The number of Topliss-reactive ketones (excluding diaryl/α,β-unsaturated/α-hetero) is 1. The number of ether oxygens (including phenoxy) is 1. The van der Waals surface area contributed by atoms with Crippen LogP contribution in [0.2, 0.25) is 0 Å². The number of likely N-dealkylation sites (N-methyl/N-ethyl adjacent to an activating group) is 1. The van der Waals surface area contributed by atoms with Crippen molar-refractivity contribution in [3.8, 4) is 5.75 Å². The zero-order chi connectivity index (χ0) is 17.7. The molecule has 1 unspecified atom stereocenters. The highest BCUT2D eigenvalue weighted by Crippen LogP contribution is 2.22. The SMILES string of the molecule is CC(=O)c1ccc(OCC(=O)N(C)C(C)c2ccccc2F)cc1. The Morgan fingerprint density at radius 3 is 2.33 bits per heavy atom. The Kier molecular flexibility index (Phi) is 5.68. The minimum absolute atomic E-state index is 0.0314. The van der Waals surface area contributed by atoms with Crippen LogP contribution in [0.3, 0.4) is 0 Å². The van der Waals surface area contributed by atoms with E-state index in [0.29, 0.717) is 16.9 Å². The van der Waals surface area contributed by atoms with Gasteiger partial charge in [0.15, 0.2) is 12.4 Å². The van der Waals surface area contributed by atoms with Gasteiger partial charge in [0.25, 0.3) is 5.91 Å². The molecule has 0 saturated carbocycles. The molecule has 2 aromatic rings. The molecule has 0 saturated heterocycles. The van der Waals surface area contributed by atoms with Crippen LogP contribution in [0.4, 0.5) is 4.39 Å². The average molecular weight is 329 g/mol. The van der Waals surface area contributed by atoms with Crippen LogP contribution in [-0.4, -0.2) is 30.2 Å². The van der Waals surface area contributed by atoms with E-state index in [2.05, 4.69) is 0 Å². The van der Waals surface area contributed by atoms with Crippen LogP contribution >= 0.6 is 0 Å². The van der Waals surface area contributed by atoms with E-state index in [1.54, 1.807) is 56.4 Å². The van der Waals surface area contributed by atoms with Gasteiger partial charge in [-0.1, -0.05) is 18.2 Å². The molecule has 126 valence electrons. The van der Waals surface area contributed by atoms with Gasteiger partial charge in [0, 0.05) is 18.2 Å². The molecule has 0 N–H and O–H groups in total. The molecular formula is C19H20FNO3. The summed E-state index contributed by atoms with van der Waals surface area (Å²) in [6, 6.07) is 12.6. The molecule has 2 rings (SSSR count). The fraction of sp³-hybridized carbons (Fsp3) is 0.263. The zero-order valence-electron chi connectivity index (χ0n) is 14.0. The van der Waals surface area contributed by atoms with Gasteiger partial charge in [-0.15, -0.1) is 0 Å². The quantitative estimate of drug-likeness (QED) is 0.760. The van der Waals surface area contributed by atoms with E-state index < -0.39 is 6.04 Å². The Labute approximate surface area is 140 Å². The van der Waals surface area contributed by atoms with Crippen molar-refractivity contribution in [2.24, 2.45) is 0 Å². The van der Waals surface area contributed by atoms with Crippen LogP contribution in [0, 0.1) is 5.82 Å². The molecule has 0 aliphatic heterocycles. The molecule has 2 aromatic carbocycles. The highest BCUT2D eigenvalue weighted by atomic mass is 19.1. The topological polar surface area (TPSA) is 46.6 Å². The molecule has 0 heterocycles. The first kappa shape index (κ1) is 17.7. The summed E-state index contributed by atoms with van der Waals surface area (Å²) in [6.07, 6.45) is 0. The number of carbonyl (C=O) groups excluding carboxylic acids is 2. The monoisotopic (exact) mass is 329 g/mol. The van der Waals surface area contributed by atoms with Crippen molar-refractivity contribution >= 4 is 11.7 Å². The van der Waals surface area contributed by atoms with Gasteiger partial charge in [-0.05, 0) is 44.2 Å². The molecule has 1 amide bonds. The van der Waals surface area contributed by atoms with Crippen molar-refractivity contribution in [2.75, 3.05) is 13.7 Å². The van der Waals surface area contributed by atoms with Gasteiger partial charge < -0.3 is 9.64 Å². The number of carbonyl (C=O) groups is 2. The fourth-order valence-corrected chi connectivity index (χ4v) is 2.27. The number of ketones is 1. The maximum absolute atomic E-state index is 13.8. The van der Waals surface area contributed by atoms with Crippen LogP contribution < -0.4 is 4.74 Å². The van der Waals surface area contributed by atoms with Crippen molar-refractivity contribution in [1.82, 2.24) is 4.90 Å². The van der Waals surface area contributed by atoms with Crippen molar-refractivity contribution in [2.45, 2.75) is 19.9 Å². The van der Waals surface area contributed by atoms with Gasteiger partial charge in [0.2, 0.25) is 0 Å². The summed E-state index contributed by atoms with van der Waals surface area (Å²) in [4.78, 5) is 24.9. The van der Waals surface area contributed by atoms with Crippen LogP contribution in [-0.2, 0) is 4.79 Å². The number of hydrogen-bond donors (Lipinski definition) is 0. The first-order chi connectivity index (χ1) is 11.4. The molecule has 0 bridgehead atoms. The van der Waals surface area contributed by atoms with Gasteiger partial charge in [-0.2, -0.15) is 0 Å².